The standard InChI is InChI=1S/C15H23ClN2O/c1-3-17-9-12-4-5-14(13(16)8-12)18-7-6-11(2)15(18)10-19/h4-5,8,11,15,17,19H,3,6-7,9-10H2,1-2H3. The van der Waals surface area contributed by atoms with E-state index >= 15 is 0 Å². The van der Waals surface area contributed by atoms with Crippen LogP contribution in [0.2, 0.25) is 5.02 Å². The zero-order valence-corrected chi connectivity index (χ0v) is 12.5. The molecule has 0 amide bonds. The van der Waals surface area contributed by atoms with Crippen molar-refractivity contribution in [3.8, 4) is 0 Å². The Morgan fingerprint density at radius 2 is 2.26 bits per heavy atom. The lowest BCUT2D eigenvalue weighted by atomic mass is 10.0. The Hall–Kier alpha value is -0.770. The Labute approximate surface area is 120 Å². The minimum Gasteiger partial charge on any atom is -0.394 e. The lowest BCUT2D eigenvalue weighted by Gasteiger charge is -2.28. The number of nitrogens with one attached hydrogen (secondary N) is 1. The van der Waals surface area contributed by atoms with Crippen LogP contribution in [0.3, 0.4) is 0 Å². The number of hydrogen-bond donors (Lipinski definition) is 2. The number of hydrogen-bond acceptors (Lipinski definition) is 3. The molecule has 2 N–H and O–H groups in total. The van der Waals surface area contributed by atoms with Crippen molar-refractivity contribution in [2.45, 2.75) is 32.9 Å². The fraction of sp³-hybridized carbons (Fsp3) is 0.600. The zero-order chi connectivity index (χ0) is 13.8. The van der Waals surface area contributed by atoms with Gasteiger partial charge in [-0.05, 0) is 36.6 Å². The average Bonchev–Trinajstić information content (AvgIpc) is 2.77. The van der Waals surface area contributed by atoms with Crippen molar-refractivity contribution in [2.24, 2.45) is 5.92 Å². The molecule has 106 valence electrons. The molecule has 1 aromatic rings. The van der Waals surface area contributed by atoms with Crippen LogP contribution in [0.5, 0.6) is 0 Å². The Kier molecular flexibility index (Phi) is 5.08. The van der Waals surface area contributed by atoms with E-state index in [1.54, 1.807) is 0 Å². The summed E-state index contributed by atoms with van der Waals surface area (Å²) in [6, 6.07) is 6.41. The first-order valence-electron chi connectivity index (χ1n) is 7.04. The molecule has 19 heavy (non-hydrogen) atoms. The molecule has 1 saturated heterocycles. The minimum absolute atomic E-state index is 0.191. The number of benzene rings is 1. The molecule has 3 nitrogen and oxygen atoms in total. The molecule has 1 aliphatic rings. The SMILES string of the molecule is CCNCc1ccc(N2CCC(C)C2CO)c(Cl)c1. The minimum atomic E-state index is 0.191. The molecule has 1 aromatic carbocycles. The molecule has 1 fully saturated rings. The van der Waals surface area contributed by atoms with E-state index in [0.717, 1.165) is 36.8 Å². The molecule has 0 radical (unpaired) electrons. The molecule has 0 bridgehead atoms. The molecule has 0 aromatic heterocycles. The second-order valence-electron chi connectivity index (χ2n) is 5.28. The van der Waals surface area contributed by atoms with Gasteiger partial charge >= 0.3 is 0 Å². The fourth-order valence-corrected chi connectivity index (χ4v) is 3.06. The first-order chi connectivity index (χ1) is 9.17. The molecule has 0 saturated carbocycles. The smallest absolute Gasteiger partial charge is 0.0642 e. The molecule has 2 atom stereocenters. The van der Waals surface area contributed by atoms with Gasteiger partial charge in [-0.3, -0.25) is 0 Å². The Balaban J connectivity index is 2.16. The Bertz CT molecular complexity index is 425. The van der Waals surface area contributed by atoms with Crippen LogP contribution in [0, 0.1) is 5.92 Å². The predicted molar refractivity (Wildman–Crippen MR) is 80.8 cm³/mol. The summed E-state index contributed by atoms with van der Waals surface area (Å²) in [4.78, 5) is 2.24. The van der Waals surface area contributed by atoms with Gasteiger partial charge in [0.1, 0.15) is 0 Å². The van der Waals surface area contributed by atoms with Crippen LogP contribution >= 0.6 is 11.6 Å². The van der Waals surface area contributed by atoms with Gasteiger partial charge in [0.05, 0.1) is 23.4 Å². The van der Waals surface area contributed by atoms with Gasteiger partial charge < -0.3 is 15.3 Å². The van der Waals surface area contributed by atoms with Gasteiger partial charge in [-0.15, -0.1) is 0 Å². The summed E-state index contributed by atoms with van der Waals surface area (Å²) in [5.74, 6) is 0.516. The van der Waals surface area contributed by atoms with E-state index in [1.807, 2.05) is 6.07 Å². The van der Waals surface area contributed by atoms with Crippen LogP contribution in [-0.2, 0) is 6.54 Å². The third-order valence-corrected chi connectivity index (χ3v) is 4.27. The van der Waals surface area contributed by atoms with E-state index in [0.29, 0.717) is 5.92 Å². The summed E-state index contributed by atoms with van der Waals surface area (Å²) in [5, 5.41) is 13.6. The number of halogens is 1. The summed E-state index contributed by atoms with van der Waals surface area (Å²) in [7, 11) is 0. The number of nitrogens with zero attached hydrogens (tertiary/aromatic N) is 1. The van der Waals surface area contributed by atoms with Crippen LogP contribution in [0.4, 0.5) is 5.69 Å². The number of anilines is 1. The maximum absolute atomic E-state index is 9.54. The second-order valence-corrected chi connectivity index (χ2v) is 5.68. The van der Waals surface area contributed by atoms with Crippen LogP contribution in [-0.4, -0.2) is 30.8 Å². The van der Waals surface area contributed by atoms with Crippen molar-refractivity contribution in [1.29, 1.82) is 0 Å². The van der Waals surface area contributed by atoms with E-state index in [4.69, 9.17) is 11.6 Å². The van der Waals surface area contributed by atoms with Crippen molar-refractivity contribution in [3.05, 3.63) is 28.8 Å². The number of aliphatic hydroxyl groups is 1. The summed E-state index contributed by atoms with van der Waals surface area (Å²) in [6.45, 7) is 7.24. The van der Waals surface area contributed by atoms with Crippen molar-refractivity contribution in [2.75, 3.05) is 24.6 Å². The first kappa shape index (κ1) is 14.6. The maximum Gasteiger partial charge on any atom is 0.0642 e. The summed E-state index contributed by atoms with van der Waals surface area (Å²) in [5.41, 5.74) is 2.24. The molecular weight excluding hydrogens is 260 g/mol. The van der Waals surface area contributed by atoms with Crippen LogP contribution in [0.25, 0.3) is 0 Å². The monoisotopic (exact) mass is 282 g/mol. The van der Waals surface area contributed by atoms with Crippen molar-refractivity contribution >= 4 is 17.3 Å². The molecule has 1 heterocycles. The molecule has 0 spiro atoms. The van der Waals surface area contributed by atoms with Gasteiger partial charge in [0.2, 0.25) is 0 Å². The van der Waals surface area contributed by atoms with E-state index in [-0.39, 0.29) is 12.6 Å². The molecule has 2 rings (SSSR count). The predicted octanol–water partition coefficient (Wildman–Crippen LogP) is 2.66. The first-order valence-corrected chi connectivity index (χ1v) is 7.41. The average molecular weight is 283 g/mol. The van der Waals surface area contributed by atoms with Crippen LogP contribution < -0.4 is 10.2 Å². The lowest BCUT2D eigenvalue weighted by molar-refractivity contribution is 0.245. The quantitative estimate of drug-likeness (QED) is 0.872. The highest BCUT2D eigenvalue weighted by Crippen LogP contribution is 2.34. The van der Waals surface area contributed by atoms with Gasteiger partial charge in [0.25, 0.3) is 0 Å². The van der Waals surface area contributed by atoms with E-state index < -0.39 is 0 Å². The number of rotatable bonds is 5. The van der Waals surface area contributed by atoms with Crippen molar-refractivity contribution in [3.63, 3.8) is 0 Å². The lowest BCUT2D eigenvalue weighted by Crippen LogP contribution is -2.35. The summed E-state index contributed by atoms with van der Waals surface area (Å²) in [6.07, 6.45) is 1.11. The third-order valence-electron chi connectivity index (χ3n) is 3.97. The highest BCUT2D eigenvalue weighted by molar-refractivity contribution is 6.33. The van der Waals surface area contributed by atoms with Gasteiger partial charge in [-0.25, -0.2) is 0 Å². The Morgan fingerprint density at radius 3 is 2.89 bits per heavy atom. The van der Waals surface area contributed by atoms with Gasteiger partial charge in [0, 0.05) is 13.1 Å². The summed E-state index contributed by atoms with van der Waals surface area (Å²) < 4.78 is 0. The molecular formula is C15H23ClN2O. The molecule has 2 unspecified atom stereocenters. The summed E-state index contributed by atoms with van der Waals surface area (Å²) >= 11 is 6.41. The molecule has 0 aliphatic carbocycles. The number of aliphatic hydroxyl groups excluding tert-OH is 1. The van der Waals surface area contributed by atoms with E-state index in [9.17, 15) is 5.11 Å². The highest BCUT2D eigenvalue weighted by Gasteiger charge is 2.31. The van der Waals surface area contributed by atoms with E-state index in [1.165, 1.54) is 5.56 Å². The van der Waals surface area contributed by atoms with Crippen LogP contribution in [0.1, 0.15) is 25.8 Å². The normalized spacial score (nSPS) is 23.1. The second kappa shape index (κ2) is 6.60. The van der Waals surface area contributed by atoms with Crippen molar-refractivity contribution in [1.82, 2.24) is 5.32 Å². The highest BCUT2D eigenvalue weighted by atomic mass is 35.5. The zero-order valence-electron chi connectivity index (χ0n) is 11.7. The van der Waals surface area contributed by atoms with Gasteiger partial charge in [0.15, 0.2) is 0 Å². The molecule has 4 heteroatoms. The van der Waals surface area contributed by atoms with Gasteiger partial charge in [-0.2, -0.15) is 0 Å². The largest absolute Gasteiger partial charge is 0.394 e. The third kappa shape index (κ3) is 3.22. The Morgan fingerprint density at radius 1 is 1.47 bits per heavy atom. The topological polar surface area (TPSA) is 35.5 Å². The fourth-order valence-electron chi connectivity index (χ4n) is 2.75. The van der Waals surface area contributed by atoms with Crippen molar-refractivity contribution < 1.29 is 5.11 Å². The maximum atomic E-state index is 9.54. The van der Waals surface area contributed by atoms with Gasteiger partial charge in [-0.1, -0.05) is 31.5 Å². The van der Waals surface area contributed by atoms with E-state index in [2.05, 4.69) is 36.2 Å². The molecule has 1 aliphatic heterocycles. The van der Waals surface area contributed by atoms with Crippen LogP contribution in [0.15, 0.2) is 18.2 Å².